The van der Waals surface area contributed by atoms with Gasteiger partial charge in [0.2, 0.25) is 5.91 Å². The summed E-state index contributed by atoms with van der Waals surface area (Å²) in [6.07, 6.45) is 8.35. The number of hydrogen-bond donors (Lipinski definition) is 1. The zero-order valence-electron chi connectivity index (χ0n) is 10.7. The lowest BCUT2D eigenvalue weighted by Crippen LogP contribution is -2.43. The Balaban J connectivity index is 2.29. The fourth-order valence-corrected chi connectivity index (χ4v) is 2.57. The lowest BCUT2D eigenvalue weighted by atomic mass is 9.88. The van der Waals surface area contributed by atoms with Crippen LogP contribution in [0.2, 0.25) is 0 Å². The Morgan fingerprint density at radius 1 is 1.38 bits per heavy atom. The predicted molar refractivity (Wildman–Crippen MR) is 67.1 cm³/mol. The van der Waals surface area contributed by atoms with Gasteiger partial charge in [-0.1, -0.05) is 32.6 Å². The van der Waals surface area contributed by atoms with Crippen molar-refractivity contribution >= 4 is 5.91 Å². The van der Waals surface area contributed by atoms with E-state index in [1.165, 1.54) is 32.1 Å². The van der Waals surface area contributed by atoms with Crippen LogP contribution < -0.4 is 5.73 Å². The fourth-order valence-electron chi connectivity index (χ4n) is 2.57. The lowest BCUT2D eigenvalue weighted by Gasteiger charge is -2.36. The molecule has 3 heteroatoms. The van der Waals surface area contributed by atoms with E-state index in [9.17, 15) is 4.79 Å². The minimum atomic E-state index is -0.105. The van der Waals surface area contributed by atoms with Crippen LogP contribution in [0.15, 0.2) is 0 Å². The molecular formula is C13H26N2O. The molecule has 2 atom stereocenters. The van der Waals surface area contributed by atoms with Crippen molar-refractivity contribution in [2.75, 3.05) is 13.6 Å². The van der Waals surface area contributed by atoms with E-state index in [-0.39, 0.29) is 11.8 Å². The van der Waals surface area contributed by atoms with Gasteiger partial charge in [0, 0.05) is 12.0 Å². The summed E-state index contributed by atoms with van der Waals surface area (Å²) in [5, 5.41) is 0. The number of primary amides is 1. The van der Waals surface area contributed by atoms with Gasteiger partial charge in [0.05, 0.1) is 0 Å². The molecule has 94 valence electrons. The van der Waals surface area contributed by atoms with E-state index in [1.807, 2.05) is 0 Å². The third-order valence-corrected chi connectivity index (χ3v) is 3.80. The van der Waals surface area contributed by atoms with Crippen LogP contribution in [0, 0.1) is 5.92 Å². The van der Waals surface area contributed by atoms with Gasteiger partial charge < -0.3 is 10.6 Å². The van der Waals surface area contributed by atoms with Crippen LogP contribution in [0.25, 0.3) is 0 Å². The second-order valence-electron chi connectivity index (χ2n) is 5.11. The molecule has 1 aliphatic rings. The summed E-state index contributed by atoms with van der Waals surface area (Å²) in [5.74, 6) is 0.0130. The average molecular weight is 226 g/mol. The highest BCUT2D eigenvalue weighted by molar-refractivity contribution is 5.76. The highest BCUT2D eigenvalue weighted by Crippen LogP contribution is 2.25. The maximum absolute atomic E-state index is 11.2. The van der Waals surface area contributed by atoms with Gasteiger partial charge in [-0.25, -0.2) is 0 Å². The van der Waals surface area contributed by atoms with E-state index in [1.54, 1.807) is 0 Å². The molecule has 1 heterocycles. The summed E-state index contributed by atoms with van der Waals surface area (Å²) in [4.78, 5) is 13.6. The molecule has 1 saturated heterocycles. The quantitative estimate of drug-likeness (QED) is 0.705. The van der Waals surface area contributed by atoms with Gasteiger partial charge in [-0.05, 0) is 32.9 Å². The predicted octanol–water partition coefficient (Wildman–Crippen LogP) is 2.15. The van der Waals surface area contributed by atoms with E-state index >= 15 is 0 Å². The molecule has 0 radical (unpaired) electrons. The molecule has 1 amide bonds. The third-order valence-electron chi connectivity index (χ3n) is 3.80. The maximum Gasteiger partial charge on any atom is 0.220 e. The maximum atomic E-state index is 11.2. The van der Waals surface area contributed by atoms with Crippen molar-refractivity contribution in [3.05, 3.63) is 0 Å². The minimum absolute atomic E-state index is 0.105. The molecule has 0 aromatic carbocycles. The first-order valence-corrected chi connectivity index (χ1v) is 6.64. The van der Waals surface area contributed by atoms with Crippen LogP contribution in [0.1, 0.15) is 51.9 Å². The number of likely N-dealkylation sites (tertiary alicyclic amines) is 1. The van der Waals surface area contributed by atoms with Gasteiger partial charge in [0.15, 0.2) is 0 Å². The van der Waals surface area contributed by atoms with Crippen molar-refractivity contribution in [2.45, 2.75) is 57.9 Å². The average Bonchev–Trinajstić information content (AvgIpc) is 2.26. The summed E-state index contributed by atoms with van der Waals surface area (Å²) in [7, 11) is 2.17. The van der Waals surface area contributed by atoms with Crippen molar-refractivity contribution in [1.82, 2.24) is 4.90 Å². The highest BCUT2D eigenvalue weighted by atomic mass is 16.1. The zero-order chi connectivity index (χ0) is 12.0. The normalized spacial score (nSPS) is 26.9. The first-order chi connectivity index (χ1) is 7.65. The second kappa shape index (κ2) is 6.89. The summed E-state index contributed by atoms with van der Waals surface area (Å²) in [6, 6.07) is 0.572. The minimum Gasteiger partial charge on any atom is -0.369 e. The number of piperidine rings is 1. The summed E-state index contributed by atoms with van der Waals surface area (Å²) in [5.41, 5.74) is 5.39. The molecule has 0 saturated carbocycles. The smallest absolute Gasteiger partial charge is 0.220 e. The van der Waals surface area contributed by atoms with Crippen LogP contribution in [0.5, 0.6) is 0 Å². The number of unbranched alkanes of at least 4 members (excludes halogenated alkanes) is 3. The first kappa shape index (κ1) is 13.5. The number of carbonyl (C=O) groups excluding carboxylic acids is 1. The summed E-state index contributed by atoms with van der Waals surface area (Å²) < 4.78 is 0. The van der Waals surface area contributed by atoms with Gasteiger partial charge >= 0.3 is 0 Å². The molecular weight excluding hydrogens is 200 g/mol. The van der Waals surface area contributed by atoms with Gasteiger partial charge in [0.25, 0.3) is 0 Å². The SMILES string of the molecule is CCCCCCC1CC(C(N)=O)CCN1C. The number of rotatable bonds is 6. The number of nitrogens with zero attached hydrogens (tertiary/aromatic N) is 1. The monoisotopic (exact) mass is 226 g/mol. The van der Waals surface area contributed by atoms with Crippen molar-refractivity contribution in [3.63, 3.8) is 0 Å². The molecule has 1 rings (SSSR count). The molecule has 0 bridgehead atoms. The van der Waals surface area contributed by atoms with Gasteiger partial charge in [0.1, 0.15) is 0 Å². The van der Waals surface area contributed by atoms with E-state index in [0.29, 0.717) is 6.04 Å². The van der Waals surface area contributed by atoms with Crippen molar-refractivity contribution < 1.29 is 4.79 Å². The largest absolute Gasteiger partial charge is 0.369 e. The Morgan fingerprint density at radius 2 is 2.12 bits per heavy atom. The molecule has 0 aromatic heterocycles. The van der Waals surface area contributed by atoms with E-state index in [0.717, 1.165) is 19.4 Å². The number of hydrogen-bond acceptors (Lipinski definition) is 2. The number of amides is 1. The van der Waals surface area contributed by atoms with Crippen LogP contribution in [-0.2, 0) is 4.79 Å². The van der Waals surface area contributed by atoms with Crippen molar-refractivity contribution in [3.8, 4) is 0 Å². The summed E-state index contributed by atoms with van der Waals surface area (Å²) >= 11 is 0. The summed E-state index contributed by atoms with van der Waals surface area (Å²) in [6.45, 7) is 3.25. The van der Waals surface area contributed by atoms with Gasteiger partial charge in [-0.3, -0.25) is 4.79 Å². The molecule has 16 heavy (non-hydrogen) atoms. The molecule has 0 aliphatic carbocycles. The molecule has 3 nitrogen and oxygen atoms in total. The lowest BCUT2D eigenvalue weighted by molar-refractivity contribution is -0.123. The van der Waals surface area contributed by atoms with Gasteiger partial charge in [-0.15, -0.1) is 0 Å². The Kier molecular flexibility index (Phi) is 5.81. The van der Waals surface area contributed by atoms with E-state index < -0.39 is 0 Å². The first-order valence-electron chi connectivity index (χ1n) is 6.64. The van der Waals surface area contributed by atoms with Crippen LogP contribution in [0.4, 0.5) is 0 Å². The topological polar surface area (TPSA) is 46.3 Å². The second-order valence-corrected chi connectivity index (χ2v) is 5.11. The number of carbonyl (C=O) groups is 1. The molecule has 2 N–H and O–H groups in total. The fraction of sp³-hybridized carbons (Fsp3) is 0.923. The van der Waals surface area contributed by atoms with Crippen molar-refractivity contribution in [2.24, 2.45) is 11.7 Å². The van der Waals surface area contributed by atoms with E-state index in [2.05, 4.69) is 18.9 Å². The molecule has 1 aliphatic heterocycles. The van der Waals surface area contributed by atoms with Crippen LogP contribution >= 0.6 is 0 Å². The Labute approximate surface area is 99.4 Å². The zero-order valence-corrected chi connectivity index (χ0v) is 10.7. The highest BCUT2D eigenvalue weighted by Gasteiger charge is 2.28. The molecule has 0 spiro atoms. The Hall–Kier alpha value is -0.570. The number of nitrogens with two attached hydrogens (primary N) is 1. The van der Waals surface area contributed by atoms with Crippen LogP contribution in [0.3, 0.4) is 0 Å². The van der Waals surface area contributed by atoms with E-state index in [4.69, 9.17) is 5.73 Å². The Morgan fingerprint density at radius 3 is 2.75 bits per heavy atom. The van der Waals surface area contributed by atoms with Crippen LogP contribution in [-0.4, -0.2) is 30.4 Å². The third kappa shape index (κ3) is 4.12. The molecule has 0 aromatic rings. The molecule has 2 unspecified atom stereocenters. The van der Waals surface area contributed by atoms with Gasteiger partial charge in [-0.2, -0.15) is 0 Å². The molecule has 1 fully saturated rings. The standard InChI is InChI=1S/C13H26N2O/c1-3-4-5-6-7-12-10-11(13(14)16)8-9-15(12)2/h11-12H,3-10H2,1-2H3,(H2,14,16). The Bertz CT molecular complexity index is 218. The van der Waals surface area contributed by atoms with Crippen molar-refractivity contribution in [1.29, 1.82) is 0 Å².